The number of amides is 1. The standard InChI is InChI=1S/C23H29N9O/c1-17-6-3-4-10-31(17)21-8-7-20(27-28-21)29-12-14-30(15-13-29)23(33)19-16-22(26-18(2)25-19)32-11-5-9-24-32/h5,7-9,11,16-17H,3-4,6,10,12-15H2,1-2H3/t17-/m1/s1. The second-order valence-corrected chi connectivity index (χ2v) is 8.68. The van der Waals surface area contributed by atoms with Gasteiger partial charge in [0.05, 0.1) is 0 Å². The second kappa shape index (κ2) is 9.13. The SMILES string of the molecule is Cc1nc(C(=O)N2CCN(c3ccc(N4CCCC[C@H]4C)nn3)CC2)cc(-n2cccn2)n1. The van der Waals surface area contributed by atoms with E-state index in [2.05, 4.69) is 48.1 Å². The van der Waals surface area contributed by atoms with Crippen LogP contribution in [0.3, 0.4) is 0 Å². The lowest BCUT2D eigenvalue weighted by Gasteiger charge is -2.36. The normalized spacial score (nSPS) is 19.1. The zero-order chi connectivity index (χ0) is 22.8. The summed E-state index contributed by atoms with van der Waals surface area (Å²) in [6, 6.07) is 8.14. The molecule has 5 rings (SSSR count). The Hall–Kier alpha value is -3.56. The summed E-state index contributed by atoms with van der Waals surface area (Å²) in [7, 11) is 0. The molecule has 0 saturated carbocycles. The van der Waals surface area contributed by atoms with E-state index in [0.29, 0.717) is 49.6 Å². The fourth-order valence-corrected chi connectivity index (χ4v) is 4.56. The zero-order valence-corrected chi connectivity index (χ0v) is 19.1. The van der Waals surface area contributed by atoms with Crippen molar-refractivity contribution in [1.82, 2.24) is 34.8 Å². The molecule has 0 N–H and O–H groups in total. The minimum atomic E-state index is -0.0888. The Balaban J connectivity index is 1.23. The first kappa shape index (κ1) is 21.3. The van der Waals surface area contributed by atoms with Crippen molar-refractivity contribution in [2.24, 2.45) is 0 Å². The fraction of sp³-hybridized carbons (Fsp3) is 0.478. The van der Waals surface area contributed by atoms with Gasteiger partial charge in [-0.3, -0.25) is 4.79 Å². The van der Waals surface area contributed by atoms with Crippen molar-refractivity contribution in [2.45, 2.75) is 39.2 Å². The van der Waals surface area contributed by atoms with Crippen LogP contribution in [-0.2, 0) is 0 Å². The number of piperazine rings is 1. The second-order valence-electron chi connectivity index (χ2n) is 8.68. The molecule has 5 heterocycles. The number of rotatable bonds is 4. The molecule has 1 amide bonds. The Labute approximate surface area is 193 Å². The predicted molar refractivity (Wildman–Crippen MR) is 125 cm³/mol. The maximum Gasteiger partial charge on any atom is 0.272 e. The molecule has 2 saturated heterocycles. The number of carbonyl (C=O) groups is 1. The van der Waals surface area contributed by atoms with Crippen LogP contribution in [0, 0.1) is 6.92 Å². The topological polar surface area (TPSA) is 96.2 Å². The van der Waals surface area contributed by atoms with E-state index in [-0.39, 0.29) is 5.91 Å². The van der Waals surface area contributed by atoms with E-state index in [1.807, 2.05) is 17.0 Å². The molecule has 1 atom stereocenters. The van der Waals surface area contributed by atoms with E-state index in [1.54, 1.807) is 30.1 Å². The van der Waals surface area contributed by atoms with Crippen LogP contribution in [0.5, 0.6) is 0 Å². The molecule has 0 spiro atoms. The molecular weight excluding hydrogens is 418 g/mol. The Bertz CT molecular complexity index is 1090. The van der Waals surface area contributed by atoms with E-state index in [0.717, 1.165) is 18.2 Å². The van der Waals surface area contributed by atoms with Crippen LogP contribution in [0.1, 0.15) is 42.5 Å². The van der Waals surface area contributed by atoms with Crippen LogP contribution in [0.4, 0.5) is 11.6 Å². The van der Waals surface area contributed by atoms with Crippen molar-refractivity contribution in [1.29, 1.82) is 0 Å². The monoisotopic (exact) mass is 447 g/mol. The fourth-order valence-electron chi connectivity index (χ4n) is 4.56. The van der Waals surface area contributed by atoms with Gasteiger partial charge in [-0.05, 0) is 51.3 Å². The molecule has 0 radical (unpaired) electrons. The van der Waals surface area contributed by atoms with Crippen molar-refractivity contribution < 1.29 is 4.79 Å². The number of hydrogen-bond donors (Lipinski definition) is 0. The first-order valence-corrected chi connectivity index (χ1v) is 11.6. The number of nitrogens with zero attached hydrogens (tertiary/aromatic N) is 9. The van der Waals surface area contributed by atoms with Gasteiger partial charge in [-0.25, -0.2) is 14.6 Å². The molecule has 3 aromatic heterocycles. The maximum absolute atomic E-state index is 13.1. The molecular formula is C23H29N9O. The van der Waals surface area contributed by atoms with Gasteiger partial charge in [-0.2, -0.15) is 5.10 Å². The number of anilines is 2. The highest BCUT2D eigenvalue weighted by Gasteiger charge is 2.25. The third kappa shape index (κ3) is 4.50. The summed E-state index contributed by atoms with van der Waals surface area (Å²) in [5.41, 5.74) is 0.390. The molecule has 10 heteroatoms. The van der Waals surface area contributed by atoms with Gasteiger partial charge >= 0.3 is 0 Å². The zero-order valence-electron chi connectivity index (χ0n) is 19.1. The number of carbonyl (C=O) groups excluding carboxylic acids is 1. The molecule has 2 aliphatic rings. The van der Waals surface area contributed by atoms with Crippen molar-refractivity contribution >= 4 is 17.5 Å². The van der Waals surface area contributed by atoms with Crippen LogP contribution < -0.4 is 9.80 Å². The lowest BCUT2D eigenvalue weighted by Crippen LogP contribution is -2.49. The number of aryl methyl sites for hydroxylation is 1. The predicted octanol–water partition coefficient (Wildman–Crippen LogP) is 2.10. The summed E-state index contributed by atoms with van der Waals surface area (Å²) < 4.78 is 1.64. The smallest absolute Gasteiger partial charge is 0.272 e. The van der Waals surface area contributed by atoms with Gasteiger partial charge in [-0.15, -0.1) is 10.2 Å². The molecule has 0 aromatic carbocycles. The van der Waals surface area contributed by atoms with Gasteiger partial charge in [0.1, 0.15) is 11.5 Å². The highest BCUT2D eigenvalue weighted by Crippen LogP contribution is 2.24. The molecule has 2 fully saturated rings. The number of hydrogen-bond acceptors (Lipinski definition) is 8. The van der Waals surface area contributed by atoms with Crippen LogP contribution in [0.15, 0.2) is 36.7 Å². The van der Waals surface area contributed by atoms with Gasteiger partial charge in [-0.1, -0.05) is 0 Å². The largest absolute Gasteiger partial charge is 0.352 e. The van der Waals surface area contributed by atoms with Crippen molar-refractivity contribution in [2.75, 3.05) is 42.5 Å². The average molecular weight is 448 g/mol. The van der Waals surface area contributed by atoms with Crippen molar-refractivity contribution in [3.05, 3.63) is 48.2 Å². The van der Waals surface area contributed by atoms with Gasteiger partial charge in [0.15, 0.2) is 17.5 Å². The van der Waals surface area contributed by atoms with E-state index in [9.17, 15) is 4.79 Å². The molecule has 0 aliphatic carbocycles. The summed E-state index contributed by atoms with van der Waals surface area (Å²) in [5.74, 6) is 2.85. The Morgan fingerprint density at radius 1 is 0.970 bits per heavy atom. The van der Waals surface area contributed by atoms with Gasteiger partial charge in [0, 0.05) is 57.2 Å². The first-order valence-electron chi connectivity index (χ1n) is 11.6. The van der Waals surface area contributed by atoms with Gasteiger partial charge in [0.2, 0.25) is 0 Å². The molecule has 3 aromatic rings. The molecule has 2 aliphatic heterocycles. The number of piperidine rings is 1. The third-order valence-corrected chi connectivity index (χ3v) is 6.41. The van der Waals surface area contributed by atoms with E-state index < -0.39 is 0 Å². The Morgan fingerprint density at radius 3 is 2.45 bits per heavy atom. The van der Waals surface area contributed by atoms with E-state index in [1.165, 1.54) is 19.3 Å². The summed E-state index contributed by atoms with van der Waals surface area (Å²) in [4.78, 5) is 28.2. The van der Waals surface area contributed by atoms with Crippen molar-refractivity contribution in [3.8, 4) is 5.82 Å². The molecule has 0 bridgehead atoms. The molecule has 172 valence electrons. The average Bonchev–Trinajstić information content (AvgIpc) is 3.39. The minimum Gasteiger partial charge on any atom is -0.352 e. The quantitative estimate of drug-likeness (QED) is 0.600. The highest BCUT2D eigenvalue weighted by atomic mass is 16.2. The third-order valence-electron chi connectivity index (χ3n) is 6.41. The molecule has 0 unspecified atom stereocenters. The summed E-state index contributed by atoms with van der Waals surface area (Å²) in [6.45, 7) is 7.69. The van der Waals surface area contributed by atoms with Gasteiger partial charge < -0.3 is 14.7 Å². The Kier molecular flexibility index (Phi) is 5.89. The number of aromatic nitrogens is 6. The van der Waals surface area contributed by atoms with E-state index in [4.69, 9.17) is 0 Å². The summed E-state index contributed by atoms with van der Waals surface area (Å²) in [6.07, 6.45) is 7.17. The molecule has 10 nitrogen and oxygen atoms in total. The lowest BCUT2D eigenvalue weighted by atomic mass is 10.0. The summed E-state index contributed by atoms with van der Waals surface area (Å²) >= 11 is 0. The maximum atomic E-state index is 13.1. The van der Waals surface area contributed by atoms with Crippen LogP contribution in [0.25, 0.3) is 5.82 Å². The Morgan fingerprint density at radius 2 is 1.76 bits per heavy atom. The van der Waals surface area contributed by atoms with Crippen molar-refractivity contribution in [3.63, 3.8) is 0 Å². The van der Waals surface area contributed by atoms with Crippen LogP contribution in [-0.4, -0.2) is 79.5 Å². The van der Waals surface area contributed by atoms with Gasteiger partial charge in [0.25, 0.3) is 5.91 Å². The van der Waals surface area contributed by atoms with E-state index >= 15 is 0 Å². The minimum absolute atomic E-state index is 0.0888. The van der Waals surface area contributed by atoms with Crippen LogP contribution >= 0.6 is 0 Å². The first-order chi connectivity index (χ1) is 16.1. The van der Waals surface area contributed by atoms with Crippen LogP contribution in [0.2, 0.25) is 0 Å². The molecule has 33 heavy (non-hydrogen) atoms. The lowest BCUT2D eigenvalue weighted by molar-refractivity contribution is 0.0740. The summed E-state index contributed by atoms with van der Waals surface area (Å²) in [5, 5.41) is 13.2. The highest BCUT2D eigenvalue weighted by molar-refractivity contribution is 5.92.